The van der Waals surface area contributed by atoms with E-state index in [1.54, 1.807) is 32.2 Å². The number of hydrogen-bond donors (Lipinski definition) is 2. The highest BCUT2D eigenvalue weighted by atomic mass is 32.2. The van der Waals surface area contributed by atoms with Gasteiger partial charge >= 0.3 is 0 Å². The molecule has 6 heteroatoms. The lowest BCUT2D eigenvalue weighted by molar-refractivity contribution is -0.120. The lowest BCUT2D eigenvalue weighted by atomic mass is 10.3. The maximum absolute atomic E-state index is 11.7. The van der Waals surface area contributed by atoms with Crippen LogP contribution in [0.1, 0.15) is 6.92 Å². The largest absolute Gasteiger partial charge is 0.309 e. The van der Waals surface area contributed by atoms with Crippen LogP contribution in [-0.4, -0.2) is 27.4 Å². The summed E-state index contributed by atoms with van der Waals surface area (Å²) in [7, 11) is -2.17. The SMILES string of the molecule is CNC(C)C(=O)NS(=O)(=O)c1ccccc1. The van der Waals surface area contributed by atoms with Crippen molar-refractivity contribution >= 4 is 15.9 Å². The van der Waals surface area contributed by atoms with Gasteiger partial charge in [0.1, 0.15) is 0 Å². The smallest absolute Gasteiger partial charge is 0.264 e. The molecule has 0 saturated heterocycles. The van der Waals surface area contributed by atoms with Crippen molar-refractivity contribution in [1.29, 1.82) is 0 Å². The fourth-order valence-corrected chi connectivity index (χ4v) is 2.09. The second-order valence-electron chi connectivity index (χ2n) is 3.29. The first-order chi connectivity index (χ1) is 7.47. The summed E-state index contributed by atoms with van der Waals surface area (Å²) in [5.41, 5.74) is 0. The van der Waals surface area contributed by atoms with Gasteiger partial charge < -0.3 is 5.32 Å². The molecule has 88 valence electrons. The molecule has 0 aromatic heterocycles. The van der Waals surface area contributed by atoms with Crippen LogP contribution in [0.3, 0.4) is 0 Å². The van der Waals surface area contributed by atoms with Crippen LogP contribution in [0.15, 0.2) is 35.2 Å². The van der Waals surface area contributed by atoms with Gasteiger partial charge in [0.25, 0.3) is 15.9 Å². The Hall–Kier alpha value is -1.40. The number of carbonyl (C=O) groups excluding carboxylic acids is 1. The van der Waals surface area contributed by atoms with Crippen LogP contribution in [-0.2, 0) is 14.8 Å². The minimum absolute atomic E-state index is 0.0756. The van der Waals surface area contributed by atoms with Gasteiger partial charge in [-0.15, -0.1) is 0 Å². The molecule has 0 radical (unpaired) electrons. The Kier molecular flexibility index (Phi) is 4.03. The molecule has 1 atom stereocenters. The highest BCUT2D eigenvalue weighted by molar-refractivity contribution is 7.90. The Bertz CT molecular complexity index is 456. The minimum Gasteiger partial charge on any atom is -0.309 e. The van der Waals surface area contributed by atoms with Crippen molar-refractivity contribution in [1.82, 2.24) is 10.0 Å². The van der Waals surface area contributed by atoms with Crippen LogP contribution in [0.4, 0.5) is 0 Å². The maximum atomic E-state index is 11.7. The minimum atomic E-state index is -3.75. The van der Waals surface area contributed by atoms with Gasteiger partial charge in [-0.3, -0.25) is 4.79 Å². The van der Waals surface area contributed by atoms with Gasteiger partial charge in [0.15, 0.2) is 0 Å². The third kappa shape index (κ3) is 3.04. The molecule has 2 N–H and O–H groups in total. The summed E-state index contributed by atoms with van der Waals surface area (Å²) in [4.78, 5) is 11.5. The molecule has 0 fully saturated rings. The van der Waals surface area contributed by atoms with Crippen molar-refractivity contribution in [3.8, 4) is 0 Å². The van der Waals surface area contributed by atoms with Crippen molar-refractivity contribution in [2.24, 2.45) is 0 Å². The number of rotatable bonds is 4. The monoisotopic (exact) mass is 242 g/mol. The van der Waals surface area contributed by atoms with E-state index in [2.05, 4.69) is 5.32 Å². The first-order valence-corrected chi connectivity index (χ1v) is 6.24. The van der Waals surface area contributed by atoms with Gasteiger partial charge in [-0.25, -0.2) is 13.1 Å². The van der Waals surface area contributed by atoms with Crippen LogP contribution in [0, 0.1) is 0 Å². The van der Waals surface area contributed by atoms with Crippen LogP contribution >= 0.6 is 0 Å². The molecule has 1 unspecified atom stereocenters. The predicted molar refractivity (Wildman–Crippen MR) is 60.3 cm³/mol. The molecule has 0 bridgehead atoms. The van der Waals surface area contributed by atoms with Gasteiger partial charge in [0.2, 0.25) is 0 Å². The van der Waals surface area contributed by atoms with Crippen LogP contribution in [0.2, 0.25) is 0 Å². The first kappa shape index (κ1) is 12.7. The number of likely N-dealkylation sites (N-methyl/N-ethyl adjacent to an activating group) is 1. The Morgan fingerprint density at radius 1 is 1.25 bits per heavy atom. The van der Waals surface area contributed by atoms with E-state index < -0.39 is 22.0 Å². The molecular weight excluding hydrogens is 228 g/mol. The van der Waals surface area contributed by atoms with Crippen LogP contribution < -0.4 is 10.0 Å². The molecular formula is C10H14N2O3S. The summed E-state index contributed by atoms with van der Waals surface area (Å²) in [6.07, 6.45) is 0. The zero-order valence-corrected chi connectivity index (χ0v) is 9.91. The highest BCUT2D eigenvalue weighted by Gasteiger charge is 2.20. The van der Waals surface area contributed by atoms with Crippen molar-refractivity contribution in [3.05, 3.63) is 30.3 Å². The lowest BCUT2D eigenvalue weighted by Crippen LogP contribution is -2.43. The molecule has 0 aliphatic rings. The van der Waals surface area contributed by atoms with Gasteiger partial charge in [0.05, 0.1) is 10.9 Å². The molecule has 16 heavy (non-hydrogen) atoms. The Labute approximate surface area is 94.9 Å². The van der Waals surface area contributed by atoms with Crippen LogP contribution in [0.5, 0.6) is 0 Å². The summed E-state index contributed by atoms with van der Waals surface area (Å²) < 4.78 is 25.4. The van der Waals surface area contributed by atoms with E-state index in [4.69, 9.17) is 0 Å². The van der Waals surface area contributed by atoms with Gasteiger partial charge in [0, 0.05) is 0 Å². The summed E-state index contributed by atoms with van der Waals surface area (Å²) in [6, 6.07) is 7.20. The normalized spacial score (nSPS) is 13.1. The topological polar surface area (TPSA) is 75.3 Å². The second kappa shape index (κ2) is 5.09. The lowest BCUT2D eigenvalue weighted by Gasteiger charge is -2.11. The summed E-state index contributed by atoms with van der Waals surface area (Å²) in [6.45, 7) is 1.58. The number of benzene rings is 1. The maximum Gasteiger partial charge on any atom is 0.264 e. The predicted octanol–water partition coefficient (Wildman–Crippen LogP) is 0.0994. The third-order valence-electron chi connectivity index (χ3n) is 2.11. The average Bonchev–Trinajstić information content (AvgIpc) is 2.28. The quantitative estimate of drug-likeness (QED) is 0.785. The van der Waals surface area contributed by atoms with Crippen molar-refractivity contribution < 1.29 is 13.2 Å². The molecule has 1 aromatic rings. The number of sulfonamides is 1. The summed E-state index contributed by atoms with van der Waals surface area (Å²) in [5.74, 6) is -0.577. The number of hydrogen-bond acceptors (Lipinski definition) is 4. The van der Waals surface area contributed by atoms with E-state index in [1.165, 1.54) is 12.1 Å². The molecule has 1 rings (SSSR count). The van der Waals surface area contributed by atoms with E-state index in [1.807, 2.05) is 4.72 Å². The molecule has 0 saturated carbocycles. The summed E-state index contributed by atoms with van der Waals surface area (Å²) >= 11 is 0. The van der Waals surface area contributed by atoms with Gasteiger partial charge in [-0.2, -0.15) is 0 Å². The second-order valence-corrected chi connectivity index (χ2v) is 4.98. The van der Waals surface area contributed by atoms with E-state index >= 15 is 0 Å². The number of nitrogens with one attached hydrogen (secondary N) is 2. The third-order valence-corrected chi connectivity index (χ3v) is 3.48. The fourth-order valence-electron chi connectivity index (χ4n) is 1.01. The zero-order chi connectivity index (χ0) is 12.2. The molecule has 0 aliphatic carbocycles. The zero-order valence-electron chi connectivity index (χ0n) is 9.10. The molecule has 1 aromatic carbocycles. The molecule has 0 spiro atoms. The molecule has 0 aliphatic heterocycles. The van der Waals surface area contributed by atoms with Crippen LogP contribution in [0.25, 0.3) is 0 Å². The van der Waals surface area contributed by atoms with E-state index in [0.29, 0.717) is 0 Å². The number of carbonyl (C=O) groups is 1. The Morgan fingerprint density at radius 3 is 2.31 bits per heavy atom. The Balaban J connectivity index is 2.86. The van der Waals surface area contributed by atoms with Crippen molar-refractivity contribution in [2.75, 3.05) is 7.05 Å². The van der Waals surface area contributed by atoms with Crippen molar-refractivity contribution in [2.45, 2.75) is 17.9 Å². The molecule has 1 amide bonds. The first-order valence-electron chi connectivity index (χ1n) is 4.76. The van der Waals surface area contributed by atoms with E-state index in [-0.39, 0.29) is 4.90 Å². The fraction of sp³-hybridized carbons (Fsp3) is 0.300. The Morgan fingerprint density at radius 2 is 1.81 bits per heavy atom. The van der Waals surface area contributed by atoms with Gasteiger partial charge in [-0.1, -0.05) is 18.2 Å². The standard InChI is InChI=1S/C10H14N2O3S/c1-8(11-2)10(13)12-16(14,15)9-6-4-3-5-7-9/h3-8,11H,1-2H3,(H,12,13). The molecule has 0 heterocycles. The highest BCUT2D eigenvalue weighted by Crippen LogP contribution is 2.06. The number of amides is 1. The average molecular weight is 242 g/mol. The van der Waals surface area contributed by atoms with Gasteiger partial charge in [-0.05, 0) is 26.1 Å². The van der Waals surface area contributed by atoms with E-state index in [9.17, 15) is 13.2 Å². The molecule has 5 nitrogen and oxygen atoms in total. The summed E-state index contributed by atoms with van der Waals surface area (Å²) in [5, 5.41) is 2.66. The van der Waals surface area contributed by atoms with Crippen molar-refractivity contribution in [3.63, 3.8) is 0 Å². The van der Waals surface area contributed by atoms with E-state index in [0.717, 1.165) is 0 Å².